The highest BCUT2D eigenvalue weighted by atomic mass is 35.5. The Balaban J connectivity index is 1.77. The molecule has 1 aromatic rings. The van der Waals surface area contributed by atoms with Gasteiger partial charge >= 0.3 is 0 Å². The molecule has 102 valence electrons. The molecule has 1 saturated carbocycles. The van der Waals surface area contributed by atoms with Crippen LogP contribution in [0, 0.1) is 0 Å². The van der Waals surface area contributed by atoms with Crippen LogP contribution >= 0.6 is 11.6 Å². The van der Waals surface area contributed by atoms with Crippen molar-refractivity contribution in [2.75, 3.05) is 0 Å². The predicted molar refractivity (Wildman–Crippen MR) is 66.3 cm³/mol. The van der Waals surface area contributed by atoms with Gasteiger partial charge in [-0.1, -0.05) is 11.6 Å². The quantitative estimate of drug-likeness (QED) is 0.742. The molecule has 0 radical (unpaired) electrons. The van der Waals surface area contributed by atoms with Crippen LogP contribution in [0.2, 0.25) is 5.15 Å². The molecule has 0 N–H and O–H groups in total. The molecule has 6 heteroatoms. The lowest BCUT2D eigenvalue weighted by Gasteiger charge is -2.34. The third-order valence-electron chi connectivity index (χ3n) is 3.92. The van der Waals surface area contributed by atoms with Gasteiger partial charge in [0.25, 0.3) is 5.91 Å². The summed E-state index contributed by atoms with van der Waals surface area (Å²) in [5.74, 6) is -2.69. The Morgan fingerprint density at radius 3 is 2.74 bits per heavy atom. The lowest BCUT2D eigenvalue weighted by molar-refractivity contribution is -0.0510. The second-order valence-electron chi connectivity index (χ2n) is 5.18. The Kier molecular flexibility index (Phi) is 2.96. The minimum Gasteiger partial charge on any atom is -0.331 e. The molecule has 1 aliphatic carbocycles. The summed E-state index contributed by atoms with van der Waals surface area (Å²) >= 11 is 5.80. The van der Waals surface area contributed by atoms with Crippen molar-refractivity contribution < 1.29 is 13.6 Å². The van der Waals surface area contributed by atoms with Crippen molar-refractivity contribution in [1.82, 2.24) is 9.88 Å². The number of nitrogens with zero attached hydrogens (tertiary/aromatic N) is 2. The van der Waals surface area contributed by atoms with Crippen LogP contribution in [-0.2, 0) is 6.54 Å². The molecular formula is C13H13ClF2N2O. The number of alkyl halides is 2. The number of carbonyl (C=O) groups is 1. The van der Waals surface area contributed by atoms with E-state index in [1.807, 2.05) is 0 Å². The van der Waals surface area contributed by atoms with E-state index in [1.54, 1.807) is 11.0 Å². The molecule has 0 atom stereocenters. The molecule has 0 bridgehead atoms. The molecule has 0 aromatic carbocycles. The average molecular weight is 287 g/mol. The van der Waals surface area contributed by atoms with E-state index in [4.69, 9.17) is 11.6 Å². The highest BCUT2D eigenvalue weighted by Gasteiger charge is 2.40. The third kappa shape index (κ3) is 2.31. The van der Waals surface area contributed by atoms with E-state index >= 15 is 0 Å². The maximum atomic E-state index is 13.1. The number of hydrogen-bond acceptors (Lipinski definition) is 2. The molecule has 0 spiro atoms. The summed E-state index contributed by atoms with van der Waals surface area (Å²) in [5.41, 5.74) is 1.38. The van der Waals surface area contributed by atoms with Gasteiger partial charge in [0, 0.05) is 31.6 Å². The van der Waals surface area contributed by atoms with E-state index in [1.165, 1.54) is 6.20 Å². The van der Waals surface area contributed by atoms with Crippen LogP contribution in [0.1, 0.15) is 41.6 Å². The number of rotatable bonds is 1. The Morgan fingerprint density at radius 2 is 2.05 bits per heavy atom. The van der Waals surface area contributed by atoms with Gasteiger partial charge in [-0.2, -0.15) is 0 Å². The number of halogens is 3. The number of pyridine rings is 1. The minimum atomic E-state index is -2.57. The molecule has 1 aromatic heterocycles. The standard InChI is InChI=1S/C13H13ClF2N2O/c14-11-5-8-7-18(12(19)10(8)6-17-11)9-1-3-13(15,16)4-2-9/h5-6,9H,1-4,7H2. The molecule has 1 fully saturated rings. The fourth-order valence-electron chi connectivity index (χ4n) is 2.83. The second kappa shape index (κ2) is 4.40. The zero-order valence-corrected chi connectivity index (χ0v) is 11.0. The van der Waals surface area contributed by atoms with E-state index in [0.717, 1.165) is 5.56 Å². The van der Waals surface area contributed by atoms with Crippen LogP contribution in [-0.4, -0.2) is 27.8 Å². The Labute approximate surface area is 114 Å². The normalized spacial score (nSPS) is 22.7. The first kappa shape index (κ1) is 12.8. The first-order chi connectivity index (χ1) is 8.96. The van der Waals surface area contributed by atoms with E-state index in [9.17, 15) is 13.6 Å². The van der Waals surface area contributed by atoms with Crippen molar-refractivity contribution in [2.45, 2.75) is 44.2 Å². The second-order valence-corrected chi connectivity index (χ2v) is 5.57. The van der Waals surface area contributed by atoms with Crippen LogP contribution in [0.25, 0.3) is 0 Å². The van der Waals surface area contributed by atoms with Gasteiger partial charge in [0.05, 0.1) is 5.56 Å². The van der Waals surface area contributed by atoms with E-state index in [2.05, 4.69) is 4.98 Å². The summed E-state index contributed by atoms with van der Waals surface area (Å²) in [6, 6.07) is 1.57. The molecular weight excluding hydrogens is 274 g/mol. The van der Waals surface area contributed by atoms with E-state index < -0.39 is 5.92 Å². The van der Waals surface area contributed by atoms with Gasteiger partial charge in [-0.15, -0.1) is 0 Å². The van der Waals surface area contributed by atoms with Crippen LogP contribution in [0.4, 0.5) is 8.78 Å². The maximum Gasteiger partial charge on any atom is 0.256 e. The molecule has 1 amide bonds. The number of amides is 1. The maximum absolute atomic E-state index is 13.1. The number of fused-ring (bicyclic) bond motifs is 1. The van der Waals surface area contributed by atoms with Crippen molar-refractivity contribution in [1.29, 1.82) is 0 Å². The minimum absolute atomic E-state index is 0.0988. The fraction of sp³-hybridized carbons (Fsp3) is 0.538. The monoisotopic (exact) mass is 286 g/mol. The molecule has 3 rings (SSSR count). The van der Waals surface area contributed by atoms with Gasteiger partial charge in [-0.05, 0) is 24.5 Å². The van der Waals surface area contributed by atoms with Crippen molar-refractivity contribution >= 4 is 17.5 Å². The summed E-state index contributed by atoms with van der Waals surface area (Å²) < 4.78 is 26.3. The molecule has 3 nitrogen and oxygen atoms in total. The van der Waals surface area contributed by atoms with Crippen molar-refractivity contribution in [2.24, 2.45) is 0 Å². The SMILES string of the molecule is O=C1c2cnc(Cl)cc2CN1C1CCC(F)(F)CC1. The first-order valence-corrected chi connectivity index (χ1v) is 6.67. The van der Waals surface area contributed by atoms with Gasteiger partial charge in [-0.25, -0.2) is 13.8 Å². The summed E-state index contributed by atoms with van der Waals surface area (Å²) in [6.45, 7) is 0.451. The van der Waals surface area contributed by atoms with Crippen molar-refractivity contribution in [3.05, 3.63) is 28.5 Å². The Morgan fingerprint density at radius 1 is 1.37 bits per heavy atom. The lowest BCUT2D eigenvalue weighted by atomic mass is 9.91. The number of hydrogen-bond donors (Lipinski definition) is 0. The molecule has 0 saturated heterocycles. The first-order valence-electron chi connectivity index (χ1n) is 6.29. The Hall–Kier alpha value is -1.23. The zero-order chi connectivity index (χ0) is 13.6. The van der Waals surface area contributed by atoms with Crippen LogP contribution in [0.15, 0.2) is 12.3 Å². The van der Waals surface area contributed by atoms with Gasteiger partial charge < -0.3 is 4.90 Å². The largest absolute Gasteiger partial charge is 0.331 e. The summed E-state index contributed by atoms with van der Waals surface area (Å²) in [7, 11) is 0. The van der Waals surface area contributed by atoms with Gasteiger partial charge in [0.1, 0.15) is 5.15 Å². The summed E-state index contributed by atoms with van der Waals surface area (Å²) in [6.07, 6.45) is 1.90. The predicted octanol–water partition coefficient (Wildman–Crippen LogP) is 3.27. The van der Waals surface area contributed by atoms with Crippen LogP contribution < -0.4 is 0 Å². The summed E-state index contributed by atoms with van der Waals surface area (Å²) in [5, 5.41) is 0.351. The zero-order valence-electron chi connectivity index (χ0n) is 10.2. The molecule has 2 aliphatic rings. The van der Waals surface area contributed by atoms with Gasteiger partial charge in [-0.3, -0.25) is 4.79 Å². The molecule has 0 unspecified atom stereocenters. The Bertz CT molecular complexity index is 525. The topological polar surface area (TPSA) is 33.2 Å². The van der Waals surface area contributed by atoms with Gasteiger partial charge in [0.2, 0.25) is 5.92 Å². The lowest BCUT2D eigenvalue weighted by Crippen LogP contribution is -2.40. The highest BCUT2D eigenvalue weighted by Crippen LogP contribution is 2.37. The van der Waals surface area contributed by atoms with E-state index in [-0.39, 0.29) is 24.8 Å². The van der Waals surface area contributed by atoms with Crippen LogP contribution in [0.5, 0.6) is 0 Å². The number of carbonyl (C=O) groups excluding carboxylic acids is 1. The molecule has 19 heavy (non-hydrogen) atoms. The summed E-state index contributed by atoms with van der Waals surface area (Å²) in [4.78, 5) is 17.8. The molecule has 1 aliphatic heterocycles. The van der Waals surface area contributed by atoms with Crippen molar-refractivity contribution in [3.63, 3.8) is 0 Å². The fourth-order valence-corrected chi connectivity index (χ4v) is 3.01. The van der Waals surface area contributed by atoms with Gasteiger partial charge in [0.15, 0.2) is 0 Å². The van der Waals surface area contributed by atoms with Crippen LogP contribution in [0.3, 0.4) is 0 Å². The molecule has 2 heterocycles. The third-order valence-corrected chi connectivity index (χ3v) is 4.12. The smallest absolute Gasteiger partial charge is 0.256 e. The van der Waals surface area contributed by atoms with E-state index in [0.29, 0.717) is 30.1 Å². The van der Waals surface area contributed by atoms with Crippen molar-refractivity contribution in [3.8, 4) is 0 Å². The highest BCUT2D eigenvalue weighted by molar-refractivity contribution is 6.29. The number of aromatic nitrogens is 1. The average Bonchev–Trinajstić information content (AvgIpc) is 2.66.